The minimum absolute atomic E-state index is 0.0446. The summed E-state index contributed by atoms with van der Waals surface area (Å²) >= 11 is 5.69. The van der Waals surface area contributed by atoms with E-state index >= 15 is 0 Å². The minimum atomic E-state index is -4.45. The highest BCUT2D eigenvalue weighted by molar-refractivity contribution is 7.80. The molecule has 0 radical (unpaired) electrons. The Bertz CT molecular complexity index is 1020. The van der Waals surface area contributed by atoms with Gasteiger partial charge in [0.25, 0.3) is 0 Å². The van der Waals surface area contributed by atoms with Gasteiger partial charge >= 0.3 is 12.1 Å². The number of carbonyl (C=O) groups is 1. The fourth-order valence-corrected chi connectivity index (χ4v) is 4.12. The summed E-state index contributed by atoms with van der Waals surface area (Å²) in [6.07, 6.45) is -4.33. The summed E-state index contributed by atoms with van der Waals surface area (Å²) in [5, 5.41) is 9.08. The zero-order valence-corrected chi connectivity index (χ0v) is 16.6. The SMILES string of the molecule is N[C@H](C[C@H](S)c1nc2ccc(OCc3ccccc3C(F)(F)F)cc2s1)C(=O)O. The van der Waals surface area contributed by atoms with Gasteiger partial charge in [-0.05, 0) is 30.7 Å². The lowest BCUT2D eigenvalue weighted by Crippen LogP contribution is -2.31. The predicted octanol–water partition coefficient (Wildman–Crippen LogP) is 4.67. The molecule has 0 saturated heterocycles. The molecule has 154 valence electrons. The van der Waals surface area contributed by atoms with Crippen LogP contribution in [0.25, 0.3) is 10.2 Å². The van der Waals surface area contributed by atoms with Gasteiger partial charge < -0.3 is 15.6 Å². The third-order valence-corrected chi connectivity index (χ3v) is 5.93. The Morgan fingerprint density at radius 1 is 1.28 bits per heavy atom. The van der Waals surface area contributed by atoms with E-state index in [1.54, 1.807) is 18.2 Å². The molecule has 3 aromatic rings. The maximum absolute atomic E-state index is 13.1. The monoisotopic (exact) mass is 442 g/mol. The van der Waals surface area contributed by atoms with Gasteiger partial charge in [-0.25, -0.2) is 4.98 Å². The number of nitrogens with zero attached hydrogens (tertiary/aromatic N) is 1. The van der Waals surface area contributed by atoms with Crippen molar-refractivity contribution in [1.82, 2.24) is 4.98 Å². The number of ether oxygens (including phenoxy) is 1. The molecule has 2 atom stereocenters. The average Bonchev–Trinajstić information content (AvgIpc) is 3.09. The van der Waals surface area contributed by atoms with Crippen LogP contribution in [0.3, 0.4) is 0 Å². The van der Waals surface area contributed by atoms with Crippen molar-refractivity contribution in [1.29, 1.82) is 0 Å². The van der Waals surface area contributed by atoms with E-state index in [-0.39, 0.29) is 18.6 Å². The van der Waals surface area contributed by atoms with E-state index in [9.17, 15) is 18.0 Å². The van der Waals surface area contributed by atoms with E-state index in [0.717, 1.165) is 10.8 Å². The molecule has 29 heavy (non-hydrogen) atoms. The third-order valence-electron chi connectivity index (χ3n) is 4.17. The number of benzene rings is 2. The predicted molar refractivity (Wildman–Crippen MR) is 107 cm³/mol. The Balaban J connectivity index is 1.75. The van der Waals surface area contributed by atoms with Gasteiger partial charge in [0.05, 0.1) is 21.0 Å². The quantitative estimate of drug-likeness (QED) is 0.463. The summed E-state index contributed by atoms with van der Waals surface area (Å²) < 4.78 is 45.6. The molecule has 0 saturated carbocycles. The number of alkyl halides is 3. The molecule has 0 fully saturated rings. The van der Waals surface area contributed by atoms with Crippen molar-refractivity contribution < 1.29 is 27.8 Å². The Morgan fingerprint density at radius 2 is 2.00 bits per heavy atom. The number of nitrogens with two attached hydrogens (primary N) is 1. The van der Waals surface area contributed by atoms with Crippen LogP contribution < -0.4 is 10.5 Å². The first-order valence-corrected chi connectivity index (χ1v) is 9.83. The van der Waals surface area contributed by atoms with E-state index in [2.05, 4.69) is 17.6 Å². The second-order valence-corrected chi connectivity index (χ2v) is 8.01. The van der Waals surface area contributed by atoms with Gasteiger partial charge in [0.15, 0.2) is 0 Å². The second kappa shape index (κ2) is 8.60. The fourth-order valence-electron chi connectivity index (χ4n) is 2.68. The highest BCUT2D eigenvalue weighted by Gasteiger charge is 2.33. The third kappa shape index (κ3) is 5.20. The van der Waals surface area contributed by atoms with Crippen molar-refractivity contribution in [3.05, 3.63) is 58.6 Å². The smallest absolute Gasteiger partial charge is 0.416 e. The molecule has 10 heteroatoms. The normalized spacial score (nSPS) is 14.0. The summed E-state index contributed by atoms with van der Waals surface area (Å²) in [6, 6.07) is 9.22. The molecule has 0 aliphatic heterocycles. The van der Waals surface area contributed by atoms with Gasteiger partial charge in [0.1, 0.15) is 23.4 Å². The van der Waals surface area contributed by atoms with Crippen molar-refractivity contribution >= 4 is 40.2 Å². The van der Waals surface area contributed by atoms with Gasteiger partial charge in [0.2, 0.25) is 0 Å². The lowest BCUT2D eigenvalue weighted by Gasteiger charge is -2.13. The Kier molecular flexibility index (Phi) is 6.35. The van der Waals surface area contributed by atoms with Gasteiger partial charge in [-0.15, -0.1) is 11.3 Å². The van der Waals surface area contributed by atoms with Gasteiger partial charge in [-0.2, -0.15) is 25.8 Å². The van der Waals surface area contributed by atoms with Crippen LogP contribution in [-0.2, 0) is 17.6 Å². The van der Waals surface area contributed by atoms with Crippen LogP contribution in [0.4, 0.5) is 13.2 Å². The van der Waals surface area contributed by atoms with Crippen molar-refractivity contribution in [3.8, 4) is 5.75 Å². The van der Waals surface area contributed by atoms with Crippen molar-refractivity contribution in [3.63, 3.8) is 0 Å². The summed E-state index contributed by atoms with van der Waals surface area (Å²) in [7, 11) is 0. The molecule has 3 rings (SSSR count). The van der Waals surface area contributed by atoms with Gasteiger partial charge in [-0.1, -0.05) is 18.2 Å². The minimum Gasteiger partial charge on any atom is -0.489 e. The molecule has 2 aromatic carbocycles. The van der Waals surface area contributed by atoms with Crippen molar-refractivity contribution in [2.24, 2.45) is 5.73 Å². The first-order valence-electron chi connectivity index (χ1n) is 8.50. The largest absolute Gasteiger partial charge is 0.489 e. The molecule has 0 aliphatic rings. The summed E-state index contributed by atoms with van der Waals surface area (Å²) in [5.74, 6) is -0.706. The van der Waals surface area contributed by atoms with E-state index < -0.39 is 29.0 Å². The molecule has 1 aromatic heterocycles. The maximum atomic E-state index is 13.1. The molecular weight excluding hydrogens is 425 g/mol. The Hall–Kier alpha value is -2.30. The van der Waals surface area contributed by atoms with Crippen LogP contribution in [0.5, 0.6) is 5.75 Å². The standard InChI is InChI=1S/C19H17F3N2O3S2/c20-19(21,22)12-4-2-1-3-10(12)9-27-11-5-6-14-16(7-11)29-17(24-14)15(28)8-13(23)18(25)26/h1-7,13,15,28H,8-9,23H2,(H,25,26)/t13-,15+/m1/s1. The Labute approximate surface area is 173 Å². The number of carboxylic acids is 1. The number of hydrogen-bond acceptors (Lipinski definition) is 6. The maximum Gasteiger partial charge on any atom is 0.416 e. The number of aliphatic carboxylic acids is 1. The number of rotatable bonds is 7. The first kappa shape index (κ1) is 21.4. The molecule has 0 bridgehead atoms. The van der Waals surface area contributed by atoms with Gasteiger partial charge in [0, 0.05) is 5.56 Å². The molecular formula is C19H17F3N2O3S2. The highest BCUT2D eigenvalue weighted by Crippen LogP contribution is 2.35. The van der Waals surface area contributed by atoms with E-state index in [4.69, 9.17) is 15.6 Å². The van der Waals surface area contributed by atoms with Crippen LogP contribution >= 0.6 is 24.0 Å². The molecule has 0 unspecified atom stereocenters. The Morgan fingerprint density at radius 3 is 2.69 bits per heavy atom. The number of halogens is 3. The van der Waals surface area contributed by atoms with Crippen LogP contribution in [0.15, 0.2) is 42.5 Å². The lowest BCUT2D eigenvalue weighted by atomic mass is 10.1. The second-order valence-electron chi connectivity index (χ2n) is 6.32. The van der Waals surface area contributed by atoms with E-state index in [1.165, 1.54) is 29.5 Å². The molecule has 0 spiro atoms. The zero-order valence-electron chi connectivity index (χ0n) is 14.9. The average molecular weight is 442 g/mol. The van der Waals surface area contributed by atoms with Crippen LogP contribution in [0.2, 0.25) is 0 Å². The molecule has 1 heterocycles. The van der Waals surface area contributed by atoms with Crippen LogP contribution in [0.1, 0.15) is 27.8 Å². The zero-order chi connectivity index (χ0) is 21.2. The topological polar surface area (TPSA) is 85.4 Å². The van der Waals surface area contributed by atoms with Crippen molar-refractivity contribution in [2.45, 2.75) is 30.5 Å². The molecule has 0 aliphatic carbocycles. The van der Waals surface area contributed by atoms with Gasteiger partial charge in [-0.3, -0.25) is 4.79 Å². The number of thiol groups is 1. The molecule has 0 amide bonds. The number of carboxylic acid groups (broad SMARTS) is 1. The fraction of sp³-hybridized carbons (Fsp3) is 0.263. The molecule has 3 N–H and O–H groups in total. The number of hydrogen-bond donors (Lipinski definition) is 3. The number of fused-ring (bicyclic) bond motifs is 1. The summed E-state index contributed by atoms with van der Waals surface area (Å²) in [6.45, 7) is -0.227. The number of thiazole rings is 1. The first-order chi connectivity index (χ1) is 13.6. The van der Waals surface area contributed by atoms with E-state index in [0.29, 0.717) is 16.3 Å². The summed E-state index contributed by atoms with van der Waals surface area (Å²) in [5.41, 5.74) is 5.52. The van der Waals surface area contributed by atoms with Crippen LogP contribution in [0, 0.1) is 0 Å². The summed E-state index contributed by atoms with van der Waals surface area (Å²) in [4.78, 5) is 15.3. The highest BCUT2D eigenvalue weighted by atomic mass is 32.1. The lowest BCUT2D eigenvalue weighted by molar-refractivity contribution is -0.139. The van der Waals surface area contributed by atoms with E-state index in [1.807, 2.05) is 0 Å². The molecule has 5 nitrogen and oxygen atoms in total. The van der Waals surface area contributed by atoms with Crippen LogP contribution in [-0.4, -0.2) is 22.1 Å². The van der Waals surface area contributed by atoms with Crippen molar-refractivity contribution in [2.75, 3.05) is 0 Å². The number of aromatic nitrogens is 1.